The Morgan fingerprint density at radius 2 is 1.17 bits per heavy atom. The molecule has 0 N–H and O–H groups in total. The summed E-state index contributed by atoms with van der Waals surface area (Å²) >= 11 is 0. The van der Waals surface area contributed by atoms with E-state index in [0.29, 0.717) is 5.56 Å². The second-order valence-electron chi connectivity index (χ2n) is 11.1. The fourth-order valence-electron chi connectivity index (χ4n) is 5.25. The summed E-state index contributed by atoms with van der Waals surface area (Å²) < 4.78 is 90.2. The number of ether oxygens (including phenoxy) is 4. The third-order valence-corrected chi connectivity index (χ3v) is 10.4. The molecule has 2 aliphatic rings. The lowest BCUT2D eigenvalue weighted by molar-refractivity contribution is -0.372. The summed E-state index contributed by atoms with van der Waals surface area (Å²) in [5, 5.41) is 0. The van der Waals surface area contributed by atoms with Gasteiger partial charge in [0.25, 0.3) is 20.2 Å². The molecule has 0 saturated carbocycles. The Hall–Kier alpha value is -3.46. The average Bonchev–Trinajstić information content (AvgIpc) is 3.07. The fourth-order valence-corrected chi connectivity index (χ4v) is 7.23. The Kier molecular flexibility index (Phi) is 9.69. The Morgan fingerprint density at radius 3 is 1.74 bits per heavy atom. The van der Waals surface area contributed by atoms with Gasteiger partial charge in [0.05, 0.1) is 23.0 Å². The minimum atomic E-state index is -4.43. The van der Waals surface area contributed by atoms with Crippen molar-refractivity contribution in [3.63, 3.8) is 0 Å². The third kappa shape index (κ3) is 7.40. The SMILES string of the molecule is Cc1ccc(S(=O)(=O)OC[C@@H](OS(=O)(=O)c2ccc(C)cc2)[C@@H]2O[C@@H](c3ccccc3)O[C@@H]3CO[C@H](c4ccccc4)O[C@H]23)cc1. The van der Waals surface area contributed by atoms with Crippen LogP contribution in [-0.2, 0) is 47.5 Å². The molecule has 0 aromatic heterocycles. The number of fused-ring (bicyclic) bond motifs is 1. The molecule has 0 unspecified atom stereocenters. The average molecular weight is 667 g/mol. The van der Waals surface area contributed by atoms with Gasteiger partial charge in [0, 0.05) is 11.1 Å². The van der Waals surface area contributed by atoms with Crippen molar-refractivity contribution in [2.75, 3.05) is 13.2 Å². The largest absolute Gasteiger partial charge is 0.346 e. The maximum atomic E-state index is 13.6. The lowest BCUT2D eigenvalue weighted by Gasteiger charge is -2.47. The quantitative estimate of drug-likeness (QED) is 0.204. The Labute approximate surface area is 269 Å². The molecule has 242 valence electrons. The fraction of sp³-hybridized carbons (Fsp3) is 0.294. The smallest absolute Gasteiger partial charge is 0.297 e. The van der Waals surface area contributed by atoms with Crippen molar-refractivity contribution in [3.05, 3.63) is 131 Å². The van der Waals surface area contributed by atoms with Crippen LogP contribution in [0.25, 0.3) is 0 Å². The van der Waals surface area contributed by atoms with Gasteiger partial charge in [-0.3, -0.25) is 8.37 Å². The molecule has 4 aromatic rings. The Bertz CT molecular complexity index is 1810. The number of benzene rings is 4. The van der Waals surface area contributed by atoms with Gasteiger partial charge < -0.3 is 18.9 Å². The van der Waals surface area contributed by atoms with E-state index in [1.165, 1.54) is 24.3 Å². The summed E-state index contributed by atoms with van der Waals surface area (Å²) in [5.74, 6) is 0. The van der Waals surface area contributed by atoms with E-state index < -0.39 is 63.8 Å². The monoisotopic (exact) mass is 666 g/mol. The standard InChI is InChI=1S/C34H34O10S2/c1-23-13-17-27(18-14-23)45(35,36)40-22-30(44-46(37,38)28-19-15-24(2)16-20-28)32-31-29(41-34(43-32)26-11-7-4-8-12-26)21-39-33(42-31)25-9-5-3-6-10-25/h3-20,29-34H,21-22H2,1-2H3/t29-,30-,31+,32+,33+,34+/m1/s1. The zero-order valence-corrected chi connectivity index (χ0v) is 26.8. The molecule has 10 nitrogen and oxygen atoms in total. The van der Waals surface area contributed by atoms with E-state index in [-0.39, 0.29) is 16.4 Å². The zero-order valence-electron chi connectivity index (χ0n) is 25.2. The van der Waals surface area contributed by atoms with Crippen LogP contribution in [0.4, 0.5) is 0 Å². The van der Waals surface area contributed by atoms with Gasteiger partial charge in [-0.1, -0.05) is 96.1 Å². The highest BCUT2D eigenvalue weighted by Crippen LogP contribution is 2.40. The van der Waals surface area contributed by atoms with Gasteiger partial charge in [-0.15, -0.1) is 0 Å². The molecular weight excluding hydrogens is 632 g/mol. The molecule has 0 radical (unpaired) electrons. The highest BCUT2D eigenvalue weighted by Gasteiger charge is 2.50. The first-order chi connectivity index (χ1) is 22.1. The molecule has 6 rings (SSSR count). The van der Waals surface area contributed by atoms with Crippen LogP contribution in [0.15, 0.2) is 119 Å². The van der Waals surface area contributed by atoms with Gasteiger partial charge >= 0.3 is 0 Å². The minimum Gasteiger partial charge on any atom is -0.346 e. The van der Waals surface area contributed by atoms with Crippen molar-refractivity contribution >= 4 is 20.2 Å². The van der Waals surface area contributed by atoms with Crippen molar-refractivity contribution in [1.82, 2.24) is 0 Å². The molecule has 0 aliphatic carbocycles. The van der Waals surface area contributed by atoms with Crippen LogP contribution < -0.4 is 0 Å². The van der Waals surface area contributed by atoms with E-state index in [4.69, 9.17) is 27.3 Å². The van der Waals surface area contributed by atoms with Gasteiger partial charge in [-0.05, 0) is 38.1 Å². The zero-order chi connectivity index (χ0) is 32.3. The highest BCUT2D eigenvalue weighted by molar-refractivity contribution is 7.87. The van der Waals surface area contributed by atoms with Crippen LogP contribution in [0.1, 0.15) is 34.8 Å². The summed E-state index contributed by atoms with van der Waals surface area (Å²) in [6.07, 6.45) is -6.09. The van der Waals surface area contributed by atoms with Crippen molar-refractivity contribution in [1.29, 1.82) is 0 Å². The van der Waals surface area contributed by atoms with Crippen LogP contribution in [-0.4, -0.2) is 54.5 Å². The Morgan fingerprint density at radius 1 is 0.652 bits per heavy atom. The summed E-state index contributed by atoms with van der Waals surface area (Å²) in [6, 6.07) is 30.5. The summed E-state index contributed by atoms with van der Waals surface area (Å²) in [7, 11) is -8.74. The van der Waals surface area contributed by atoms with Crippen LogP contribution in [0.3, 0.4) is 0 Å². The predicted molar refractivity (Wildman–Crippen MR) is 166 cm³/mol. The maximum absolute atomic E-state index is 13.6. The molecule has 0 spiro atoms. The number of rotatable bonds is 10. The van der Waals surface area contributed by atoms with E-state index in [2.05, 4.69) is 0 Å². The first-order valence-electron chi connectivity index (χ1n) is 14.7. The summed E-state index contributed by atoms with van der Waals surface area (Å²) in [4.78, 5) is -0.194. The topological polar surface area (TPSA) is 124 Å². The molecule has 2 aliphatic heterocycles. The summed E-state index contributed by atoms with van der Waals surface area (Å²) in [5.41, 5.74) is 3.10. The normalized spacial score (nSPS) is 24.2. The molecular formula is C34H34O10S2. The lowest BCUT2D eigenvalue weighted by atomic mass is 9.99. The van der Waals surface area contributed by atoms with Crippen molar-refractivity contribution < 1.29 is 44.1 Å². The van der Waals surface area contributed by atoms with Gasteiger partial charge in [-0.25, -0.2) is 0 Å². The van der Waals surface area contributed by atoms with Crippen molar-refractivity contribution in [2.24, 2.45) is 0 Å². The van der Waals surface area contributed by atoms with Crippen LogP contribution in [0, 0.1) is 13.8 Å². The van der Waals surface area contributed by atoms with E-state index in [9.17, 15) is 16.8 Å². The Balaban J connectivity index is 1.37. The van der Waals surface area contributed by atoms with Crippen LogP contribution in [0.2, 0.25) is 0 Å². The van der Waals surface area contributed by atoms with Crippen molar-refractivity contribution in [2.45, 2.75) is 60.6 Å². The maximum Gasteiger partial charge on any atom is 0.297 e. The minimum absolute atomic E-state index is 0.0855. The molecule has 2 heterocycles. The molecule has 46 heavy (non-hydrogen) atoms. The van der Waals surface area contributed by atoms with E-state index >= 15 is 0 Å². The third-order valence-electron chi connectivity index (χ3n) is 7.73. The van der Waals surface area contributed by atoms with Crippen molar-refractivity contribution in [3.8, 4) is 0 Å². The van der Waals surface area contributed by atoms with Gasteiger partial charge in [0.1, 0.15) is 24.4 Å². The molecule has 2 fully saturated rings. The first kappa shape index (κ1) is 32.5. The number of hydrogen-bond donors (Lipinski definition) is 0. The second kappa shape index (κ2) is 13.7. The van der Waals surface area contributed by atoms with E-state index in [0.717, 1.165) is 16.7 Å². The van der Waals surface area contributed by atoms with E-state index in [1.807, 2.05) is 62.4 Å². The van der Waals surface area contributed by atoms with Gasteiger partial charge in [0.2, 0.25) is 0 Å². The predicted octanol–water partition coefficient (Wildman–Crippen LogP) is 5.38. The first-order valence-corrected chi connectivity index (χ1v) is 17.5. The molecule has 4 aromatic carbocycles. The molecule has 6 atom stereocenters. The highest BCUT2D eigenvalue weighted by atomic mass is 32.2. The summed E-state index contributed by atoms with van der Waals surface area (Å²) in [6.45, 7) is 3.05. The number of hydrogen-bond acceptors (Lipinski definition) is 10. The number of aryl methyl sites for hydroxylation is 2. The van der Waals surface area contributed by atoms with Crippen LogP contribution >= 0.6 is 0 Å². The van der Waals surface area contributed by atoms with Gasteiger partial charge in [0.15, 0.2) is 12.6 Å². The van der Waals surface area contributed by atoms with Gasteiger partial charge in [-0.2, -0.15) is 16.8 Å². The second-order valence-corrected chi connectivity index (χ2v) is 14.3. The van der Waals surface area contributed by atoms with Crippen LogP contribution in [0.5, 0.6) is 0 Å². The molecule has 0 amide bonds. The molecule has 2 saturated heterocycles. The lowest BCUT2D eigenvalue weighted by Crippen LogP contribution is -2.59. The van der Waals surface area contributed by atoms with E-state index in [1.54, 1.807) is 36.4 Å². The molecule has 0 bridgehead atoms. The molecule has 12 heteroatoms.